The van der Waals surface area contributed by atoms with Gasteiger partial charge in [-0.3, -0.25) is 9.36 Å². The van der Waals surface area contributed by atoms with Crippen LogP contribution in [-0.2, 0) is 16.1 Å². The van der Waals surface area contributed by atoms with Crippen molar-refractivity contribution in [3.05, 3.63) is 47.5 Å². The summed E-state index contributed by atoms with van der Waals surface area (Å²) in [6.45, 7) is 7.98. The van der Waals surface area contributed by atoms with Gasteiger partial charge in [-0.15, -0.1) is 16.8 Å². The molecule has 0 unspecified atom stereocenters. The molecule has 2 heterocycles. The molecule has 32 heavy (non-hydrogen) atoms. The number of aryl methyl sites for hydroxylation is 1. The Morgan fingerprint density at radius 3 is 2.81 bits per heavy atom. The van der Waals surface area contributed by atoms with E-state index in [1.54, 1.807) is 27.0 Å². The largest absolute Gasteiger partial charge is 0.496 e. The summed E-state index contributed by atoms with van der Waals surface area (Å²) in [5.74, 6) is 0.676. The molecule has 0 bridgehead atoms. The molecule has 0 radical (unpaired) electrons. The number of hydrogen-bond acceptors (Lipinski definition) is 9. The Morgan fingerprint density at radius 2 is 2.09 bits per heavy atom. The Kier molecular flexibility index (Phi) is 8.01. The lowest BCUT2D eigenvalue weighted by atomic mass is 10.2. The van der Waals surface area contributed by atoms with Crippen molar-refractivity contribution in [3.63, 3.8) is 0 Å². The van der Waals surface area contributed by atoms with Gasteiger partial charge in [0.1, 0.15) is 10.6 Å². The number of ether oxygens (including phenoxy) is 2. The van der Waals surface area contributed by atoms with Crippen LogP contribution in [0, 0.1) is 6.92 Å². The maximum atomic E-state index is 12.5. The van der Waals surface area contributed by atoms with Crippen LogP contribution in [-0.4, -0.2) is 51.1 Å². The van der Waals surface area contributed by atoms with Crippen molar-refractivity contribution < 1.29 is 19.1 Å². The highest BCUT2D eigenvalue weighted by Gasteiger charge is 2.20. The van der Waals surface area contributed by atoms with Crippen molar-refractivity contribution in [3.8, 4) is 17.1 Å². The molecule has 9 nitrogen and oxygen atoms in total. The summed E-state index contributed by atoms with van der Waals surface area (Å²) >= 11 is 2.33. The van der Waals surface area contributed by atoms with Gasteiger partial charge in [0.25, 0.3) is 0 Å². The molecule has 1 N–H and O–H groups in total. The zero-order valence-electron chi connectivity index (χ0n) is 18.0. The maximum absolute atomic E-state index is 12.5. The van der Waals surface area contributed by atoms with Crippen molar-refractivity contribution in [1.82, 2.24) is 19.7 Å². The smallest absolute Gasteiger partial charge is 0.350 e. The number of amides is 1. The van der Waals surface area contributed by atoms with Crippen molar-refractivity contribution in [2.45, 2.75) is 25.5 Å². The maximum Gasteiger partial charge on any atom is 0.350 e. The van der Waals surface area contributed by atoms with Gasteiger partial charge < -0.3 is 14.8 Å². The van der Waals surface area contributed by atoms with Crippen LogP contribution in [0.3, 0.4) is 0 Å². The van der Waals surface area contributed by atoms with Gasteiger partial charge in [0.05, 0.1) is 30.7 Å². The minimum Gasteiger partial charge on any atom is -0.496 e. The second-order valence-electron chi connectivity index (χ2n) is 6.40. The number of thiazole rings is 1. The SMILES string of the molecule is C=CCn1c(SCC(=O)Nc2nc(C)c(C(=O)OCC)s2)nnc1-c1ccccc1OC. The molecular formula is C21H23N5O4S2. The van der Waals surface area contributed by atoms with Crippen molar-refractivity contribution >= 4 is 40.1 Å². The van der Waals surface area contributed by atoms with Crippen molar-refractivity contribution in [1.29, 1.82) is 0 Å². The molecule has 0 aliphatic heterocycles. The summed E-state index contributed by atoms with van der Waals surface area (Å²) in [4.78, 5) is 29.0. The molecule has 0 saturated carbocycles. The first-order chi connectivity index (χ1) is 15.5. The molecular weight excluding hydrogens is 450 g/mol. The van der Waals surface area contributed by atoms with E-state index in [4.69, 9.17) is 9.47 Å². The molecule has 1 amide bonds. The van der Waals surface area contributed by atoms with E-state index in [0.717, 1.165) is 16.9 Å². The average Bonchev–Trinajstić information content (AvgIpc) is 3.35. The highest BCUT2D eigenvalue weighted by atomic mass is 32.2. The van der Waals surface area contributed by atoms with Crippen molar-refractivity contribution in [2.24, 2.45) is 0 Å². The summed E-state index contributed by atoms with van der Waals surface area (Å²) < 4.78 is 12.3. The molecule has 168 valence electrons. The van der Waals surface area contributed by atoms with Crippen LogP contribution in [0.4, 0.5) is 5.13 Å². The number of anilines is 1. The molecule has 0 saturated heterocycles. The number of carbonyl (C=O) groups is 2. The van der Waals surface area contributed by atoms with Crippen LogP contribution in [0.5, 0.6) is 5.75 Å². The number of benzene rings is 1. The van der Waals surface area contributed by atoms with Gasteiger partial charge in [-0.1, -0.05) is 41.3 Å². The summed E-state index contributed by atoms with van der Waals surface area (Å²) in [7, 11) is 1.60. The van der Waals surface area contributed by atoms with E-state index in [0.29, 0.717) is 39.0 Å². The Hall–Kier alpha value is -3.18. The third kappa shape index (κ3) is 5.35. The minimum absolute atomic E-state index is 0.0918. The molecule has 3 rings (SSSR count). The summed E-state index contributed by atoms with van der Waals surface area (Å²) in [5.41, 5.74) is 1.31. The van der Waals surface area contributed by atoms with Crippen LogP contribution in [0.1, 0.15) is 22.3 Å². The topological polar surface area (TPSA) is 108 Å². The molecule has 0 aliphatic carbocycles. The Morgan fingerprint density at radius 1 is 1.31 bits per heavy atom. The minimum atomic E-state index is -0.446. The monoisotopic (exact) mass is 473 g/mol. The number of hydrogen-bond donors (Lipinski definition) is 1. The Bertz CT molecular complexity index is 1130. The molecule has 11 heteroatoms. The van der Waals surface area contributed by atoms with Crippen LogP contribution < -0.4 is 10.1 Å². The molecule has 0 aliphatic rings. The molecule has 0 fully saturated rings. The normalized spacial score (nSPS) is 10.6. The van der Waals surface area contributed by atoms with E-state index < -0.39 is 5.97 Å². The fourth-order valence-electron chi connectivity index (χ4n) is 2.84. The van der Waals surface area contributed by atoms with Crippen LogP contribution >= 0.6 is 23.1 Å². The third-order valence-corrected chi connectivity index (χ3v) is 6.23. The number of methoxy groups -OCH3 is 1. The van der Waals surface area contributed by atoms with E-state index in [9.17, 15) is 9.59 Å². The number of nitrogens with one attached hydrogen (secondary N) is 1. The van der Waals surface area contributed by atoms with Gasteiger partial charge in [0.2, 0.25) is 5.91 Å². The van der Waals surface area contributed by atoms with E-state index in [-0.39, 0.29) is 18.3 Å². The first kappa shape index (κ1) is 23.5. The predicted molar refractivity (Wildman–Crippen MR) is 124 cm³/mol. The lowest BCUT2D eigenvalue weighted by Crippen LogP contribution is -2.14. The second kappa shape index (κ2) is 10.9. The first-order valence-electron chi connectivity index (χ1n) is 9.73. The number of aromatic nitrogens is 4. The standard InChI is InChI=1S/C21H23N5O4S2/c1-5-11-26-18(14-9-7-8-10-15(14)29-4)24-25-21(26)31-12-16(27)23-20-22-13(3)17(32-20)19(28)30-6-2/h5,7-10H,1,6,11-12H2,2-4H3,(H,22,23,27). The van der Waals surface area contributed by atoms with Crippen molar-refractivity contribution in [2.75, 3.05) is 24.8 Å². The van der Waals surface area contributed by atoms with Gasteiger partial charge in [0, 0.05) is 6.54 Å². The van der Waals surface area contributed by atoms with Gasteiger partial charge in [-0.05, 0) is 26.0 Å². The quantitative estimate of drug-likeness (QED) is 0.269. The second-order valence-corrected chi connectivity index (χ2v) is 8.34. The average molecular weight is 474 g/mol. The van der Waals surface area contributed by atoms with E-state index >= 15 is 0 Å². The van der Waals surface area contributed by atoms with E-state index in [1.807, 2.05) is 28.8 Å². The predicted octanol–water partition coefficient (Wildman–Crippen LogP) is 3.81. The fourth-order valence-corrected chi connectivity index (χ4v) is 4.46. The van der Waals surface area contributed by atoms with Crippen LogP contribution in [0.15, 0.2) is 42.1 Å². The van der Waals surface area contributed by atoms with Crippen LogP contribution in [0.25, 0.3) is 11.4 Å². The van der Waals surface area contributed by atoms with E-state index in [2.05, 4.69) is 27.1 Å². The highest BCUT2D eigenvalue weighted by Crippen LogP contribution is 2.31. The third-order valence-electron chi connectivity index (χ3n) is 4.21. The van der Waals surface area contributed by atoms with Gasteiger partial charge in [0.15, 0.2) is 16.1 Å². The summed E-state index contributed by atoms with van der Waals surface area (Å²) in [6, 6.07) is 7.52. The lowest BCUT2D eigenvalue weighted by Gasteiger charge is -2.10. The number of nitrogens with zero attached hydrogens (tertiary/aromatic N) is 4. The zero-order chi connectivity index (χ0) is 23.1. The van der Waals surface area contributed by atoms with E-state index in [1.165, 1.54) is 11.8 Å². The lowest BCUT2D eigenvalue weighted by molar-refractivity contribution is -0.113. The Balaban J connectivity index is 1.71. The molecule has 0 spiro atoms. The molecule has 1 aromatic carbocycles. The molecule has 3 aromatic rings. The number of thioether (sulfide) groups is 1. The fraction of sp³-hybridized carbons (Fsp3) is 0.286. The van der Waals surface area contributed by atoms with Gasteiger partial charge in [-0.25, -0.2) is 9.78 Å². The van der Waals surface area contributed by atoms with Gasteiger partial charge >= 0.3 is 5.97 Å². The number of rotatable bonds is 10. The van der Waals surface area contributed by atoms with Crippen LogP contribution in [0.2, 0.25) is 0 Å². The number of para-hydroxylation sites is 1. The number of carbonyl (C=O) groups excluding carboxylic acids is 2. The summed E-state index contributed by atoms with van der Waals surface area (Å²) in [6.07, 6.45) is 1.74. The first-order valence-corrected chi connectivity index (χ1v) is 11.5. The highest BCUT2D eigenvalue weighted by molar-refractivity contribution is 7.99. The zero-order valence-corrected chi connectivity index (χ0v) is 19.6. The number of esters is 1. The number of allylic oxidation sites excluding steroid dienone is 1. The van der Waals surface area contributed by atoms with Gasteiger partial charge in [-0.2, -0.15) is 0 Å². The molecule has 2 aromatic heterocycles. The summed E-state index contributed by atoms with van der Waals surface area (Å²) in [5, 5.41) is 12.2. The molecule has 0 atom stereocenters. The Labute approximate surface area is 193 Å².